The number of hydrogen-bond donors (Lipinski definition) is 0. The van der Waals surface area contributed by atoms with Crippen LogP contribution in [0.5, 0.6) is 11.5 Å². The maximum absolute atomic E-state index is 13.6. The summed E-state index contributed by atoms with van der Waals surface area (Å²) in [5.74, 6) is 0.182. The number of allylic oxidation sites excluding steroid dienone is 1. The topological polar surface area (TPSA) is 101 Å². The highest BCUT2D eigenvalue weighted by Crippen LogP contribution is 2.54. The summed E-state index contributed by atoms with van der Waals surface area (Å²) in [5.41, 5.74) is -0.882. The second-order valence-corrected chi connectivity index (χ2v) is 7.33. The second kappa shape index (κ2) is 6.88. The molecular formula is C20H19ClN2O6. The molecule has 1 aromatic carbocycles. The van der Waals surface area contributed by atoms with E-state index in [-0.39, 0.29) is 46.0 Å². The number of halogens is 1. The van der Waals surface area contributed by atoms with Crippen molar-refractivity contribution in [2.75, 3.05) is 13.7 Å². The minimum Gasteiger partial charge on any atom is -0.496 e. The Morgan fingerprint density at radius 1 is 1.34 bits per heavy atom. The van der Waals surface area contributed by atoms with E-state index in [1.165, 1.54) is 13.2 Å². The van der Waals surface area contributed by atoms with Crippen molar-refractivity contribution < 1.29 is 28.2 Å². The molecule has 0 radical (unpaired) electrons. The molecule has 2 aromatic rings. The van der Waals surface area contributed by atoms with Gasteiger partial charge in [-0.05, 0) is 13.0 Å². The Balaban J connectivity index is 1.95. The SMILES string of the molecule is CCOc1cc(-c2nnc(C)o2)c(Cl)c2c1C(=O)[C@@]1(O2)C(OC)=CC(=O)C[C@H]1C. The third-order valence-electron chi connectivity index (χ3n) is 5.15. The number of Topliss-reactive ketones (excluding diaryl/α,β-unsaturated/α-hetero) is 1. The Kier molecular flexibility index (Phi) is 4.61. The molecular weight excluding hydrogens is 400 g/mol. The first kappa shape index (κ1) is 19.4. The van der Waals surface area contributed by atoms with Gasteiger partial charge in [-0.3, -0.25) is 9.59 Å². The summed E-state index contributed by atoms with van der Waals surface area (Å²) in [6.45, 7) is 5.55. The van der Waals surface area contributed by atoms with Crippen molar-refractivity contribution in [3.63, 3.8) is 0 Å². The van der Waals surface area contributed by atoms with Crippen LogP contribution in [0, 0.1) is 12.8 Å². The number of aromatic nitrogens is 2. The van der Waals surface area contributed by atoms with E-state index in [2.05, 4.69) is 10.2 Å². The van der Waals surface area contributed by atoms with Gasteiger partial charge in [-0.25, -0.2) is 0 Å². The van der Waals surface area contributed by atoms with Crippen LogP contribution in [0.1, 0.15) is 36.5 Å². The standard InChI is InChI=1S/C20H19ClN2O6/c1-5-27-13-8-12(19-23-22-10(3)28-19)16(21)17-15(13)18(25)20(29-17)9(2)6-11(24)7-14(20)26-4/h7-9H,5-6H2,1-4H3/t9-,20+/m1/s1. The molecule has 1 aromatic heterocycles. The number of carbonyl (C=O) groups excluding carboxylic acids is 2. The summed E-state index contributed by atoms with van der Waals surface area (Å²) in [5, 5.41) is 7.98. The van der Waals surface area contributed by atoms with Gasteiger partial charge in [0.05, 0.1) is 24.3 Å². The Morgan fingerprint density at radius 2 is 2.10 bits per heavy atom. The van der Waals surface area contributed by atoms with Crippen molar-refractivity contribution in [3.8, 4) is 23.0 Å². The largest absolute Gasteiger partial charge is 0.496 e. The number of nitrogens with zero attached hydrogens (tertiary/aromatic N) is 2. The van der Waals surface area contributed by atoms with Crippen molar-refractivity contribution >= 4 is 23.2 Å². The Morgan fingerprint density at radius 3 is 2.72 bits per heavy atom. The predicted molar refractivity (Wildman–Crippen MR) is 102 cm³/mol. The van der Waals surface area contributed by atoms with Crippen molar-refractivity contribution in [1.29, 1.82) is 0 Å². The van der Waals surface area contributed by atoms with Gasteiger partial charge in [0.15, 0.2) is 17.3 Å². The molecule has 2 atom stereocenters. The van der Waals surface area contributed by atoms with Gasteiger partial charge in [-0.15, -0.1) is 10.2 Å². The fourth-order valence-corrected chi connectivity index (χ4v) is 4.11. The minimum atomic E-state index is -1.48. The Labute approximate surface area is 171 Å². The first-order valence-corrected chi connectivity index (χ1v) is 9.53. The number of methoxy groups -OCH3 is 1. The molecule has 0 saturated heterocycles. The molecule has 2 heterocycles. The van der Waals surface area contributed by atoms with Gasteiger partial charge in [0.25, 0.3) is 0 Å². The van der Waals surface area contributed by atoms with Crippen molar-refractivity contribution in [1.82, 2.24) is 10.2 Å². The van der Waals surface area contributed by atoms with E-state index in [1.54, 1.807) is 26.8 Å². The van der Waals surface area contributed by atoms with Crippen molar-refractivity contribution in [2.45, 2.75) is 32.8 Å². The number of benzene rings is 1. The zero-order chi connectivity index (χ0) is 20.9. The fraction of sp³-hybridized carbons (Fsp3) is 0.400. The zero-order valence-corrected chi connectivity index (χ0v) is 17.1. The summed E-state index contributed by atoms with van der Waals surface area (Å²) in [6.07, 6.45) is 1.45. The molecule has 0 amide bonds. The normalized spacial score (nSPS) is 23.1. The number of ether oxygens (including phenoxy) is 3. The maximum Gasteiger partial charge on any atom is 0.249 e. The van der Waals surface area contributed by atoms with E-state index >= 15 is 0 Å². The van der Waals surface area contributed by atoms with Gasteiger partial charge in [0.1, 0.15) is 11.3 Å². The van der Waals surface area contributed by atoms with E-state index in [9.17, 15) is 9.59 Å². The van der Waals surface area contributed by atoms with E-state index in [0.29, 0.717) is 23.8 Å². The average Bonchev–Trinajstić information content (AvgIpc) is 3.24. The molecule has 8 nitrogen and oxygen atoms in total. The maximum atomic E-state index is 13.6. The van der Waals surface area contributed by atoms with E-state index in [4.69, 9.17) is 30.2 Å². The molecule has 4 rings (SSSR count). The van der Waals surface area contributed by atoms with Crippen LogP contribution in [0.2, 0.25) is 5.02 Å². The first-order valence-electron chi connectivity index (χ1n) is 9.16. The van der Waals surface area contributed by atoms with Crippen molar-refractivity contribution in [3.05, 3.63) is 34.4 Å². The molecule has 0 bridgehead atoms. The molecule has 0 saturated carbocycles. The van der Waals surface area contributed by atoms with Gasteiger partial charge in [-0.1, -0.05) is 18.5 Å². The van der Waals surface area contributed by atoms with Gasteiger partial charge in [-0.2, -0.15) is 0 Å². The van der Waals surface area contributed by atoms with Crippen molar-refractivity contribution in [2.24, 2.45) is 5.92 Å². The molecule has 29 heavy (non-hydrogen) atoms. The van der Waals surface area contributed by atoms with E-state index < -0.39 is 11.5 Å². The number of hydrogen-bond acceptors (Lipinski definition) is 8. The minimum absolute atomic E-state index is 0.134. The summed E-state index contributed by atoms with van der Waals surface area (Å²) in [7, 11) is 1.40. The number of rotatable bonds is 4. The summed E-state index contributed by atoms with van der Waals surface area (Å²) in [4.78, 5) is 25.7. The lowest BCUT2D eigenvalue weighted by Gasteiger charge is -2.36. The van der Waals surface area contributed by atoms with Crippen LogP contribution in [-0.2, 0) is 9.53 Å². The Hall–Kier alpha value is -2.87. The smallest absolute Gasteiger partial charge is 0.249 e. The van der Waals surface area contributed by atoms with Crippen LogP contribution < -0.4 is 9.47 Å². The molecule has 9 heteroatoms. The average molecular weight is 419 g/mol. The number of aryl methyl sites for hydroxylation is 1. The quantitative estimate of drug-likeness (QED) is 0.742. The highest BCUT2D eigenvalue weighted by atomic mass is 35.5. The van der Waals surface area contributed by atoms with Gasteiger partial charge >= 0.3 is 0 Å². The summed E-state index contributed by atoms with van der Waals surface area (Å²) >= 11 is 6.62. The lowest BCUT2D eigenvalue weighted by Crippen LogP contribution is -2.51. The molecule has 1 aliphatic carbocycles. The molecule has 0 unspecified atom stereocenters. The second-order valence-electron chi connectivity index (χ2n) is 6.95. The van der Waals surface area contributed by atoms with Crippen LogP contribution in [0.25, 0.3) is 11.5 Å². The molecule has 0 N–H and O–H groups in total. The molecule has 0 fully saturated rings. The lowest BCUT2D eigenvalue weighted by molar-refractivity contribution is -0.118. The fourth-order valence-electron chi connectivity index (χ4n) is 3.84. The highest BCUT2D eigenvalue weighted by molar-refractivity contribution is 6.36. The highest BCUT2D eigenvalue weighted by Gasteiger charge is 2.59. The third-order valence-corrected chi connectivity index (χ3v) is 5.52. The predicted octanol–water partition coefficient (Wildman–Crippen LogP) is 3.55. The van der Waals surface area contributed by atoms with Crippen LogP contribution in [0.3, 0.4) is 0 Å². The zero-order valence-electron chi connectivity index (χ0n) is 16.4. The molecule has 152 valence electrons. The van der Waals surface area contributed by atoms with Crippen LogP contribution in [0.15, 0.2) is 22.3 Å². The molecule has 2 aliphatic rings. The third kappa shape index (κ3) is 2.73. The van der Waals surface area contributed by atoms with Crippen LogP contribution in [-0.4, -0.2) is 41.1 Å². The molecule has 1 aliphatic heterocycles. The van der Waals surface area contributed by atoms with E-state index in [1.807, 2.05) is 0 Å². The first-order chi connectivity index (χ1) is 13.8. The van der Waals surface area contributed by atoms with E-state index in [0.717, 1.165) is 0 Å². The number of fused-ring (bicyclic) bond motifs is 1. The van der Waals surface area contributed by atoms with Gasteiger partial charge in [0, 0.05) is 25.3 Å². The Bertz CT molecular complexity index is 1060. The van der Waals surface area contributed by atoms with Gasteiger partial charge < -0.3 is 18.6 Å². The molecule has 1 spiro atoms. The van der Waals surface area contributed by atoms with Crippen LogP contribution >= 0.6 is 11.6 Å². The number of carbonyl (C=O) groups is 2. The number of ketones is 2. The van der Waals surface area contributed by atoms with Crippen LogP contribution in [0.4, 0.5) is 0 Å². The summed E-state index contributed by atoms with van der Waals surface area (Å²) in [6, 6.07) is 1.59. The van der Waals surface area contributed by atoms with Gasteiger partial charge in [0.2, 0.25) is 23.2 Å². The lowest BCUT2D eigenvalue weighted by atomic mass is 9.75. The monoisotopic (exact) mass is 418 g/mol. The summed E-state index contributed by atoms with van der Waals surface area (Å²) < 4.78 is 22.8.